The molecule has 3 aromatic rings. The van der Waals surface area contributed by atoms with E-state index in [4.69, 9.17) is 0 Å². The minimum Gasteiger partial charge on any atom is -0.326 e. The van der Waals surface area contributed by atoms with Crippen LogP contribution in [-0.2, 0) is 14.8 Å². The molecule has 9 heteroatoms. The highest BCUT2D eigenvalue weighted by molar-refractivity contribution is 7.92. The van der Waals surface area contributed by atoms with Crippen LogP contribution in [0.2, 0.25) is 0 Å². The lowest BCUT2D eigenvalue weighted by atomic mass is 10.2. The van der Waals surface area contributed by atoms with Gasteiger partial charge in [-0.1, -0.05) is 12.1 Å². The van der Waals surface area contributed by atoms with Gasteiger partial charge in [0.1, 0.15) is 0 Å². The number of nitrogens with one attached hydrogen (secondary N) is 3. The molecule has 0 bridgehead atoms. The number of hydrogen-bond acceptors (Lipinski definition) is 5. The fourth-order valence-electron chi connectivity index (χ4n) is 2.53. The van der Waals surface area contributed by atoms with Gasteiger partial charge in [-0.2, -0.15) is 0 Å². The fraction of sp³-hybridized carbons (Fsp3) is 0.100. The molecular weight excluding hydrogens is 410 g/mol. The van der Waals surface area contributed by atoms with Crippen LogP contribution >= 0.6 is 11.3 Å². The quantitative estimate of drug-likeness (QED) is 0.549. The van der Waals surface area contributed by atoms with Gasteiger partial charge >= 0.3 is 0 Å². The van der Waals surface area contributed by atoms with Gasteiger partial charge in [-0.15, -0.1) is 11.3 Å². The number of rotatable bonds is 6. The third kappa shape index (κ3) is 5.21. The maximum Gasteiger partial charge on any atom is 0.265 e. The van der Waals surface area contributed by atoms with Gasteiger partial charge in [-0.05, 0) is 60.3 Å². The number of anilines is 3. The lowest BCUT2D eigenvalue weighted by Crippen LogP contribution is -2.15. The molecule has 0 saturated heterocycles. The summed E-state index contributed by atoms with van der Waals surface area (Å²) in [5, 5.41) is 7.15. The molecule has 0 saturated carbocycles. The van der Waals surface area contributed by atoms with Gasteiger partial charge in [0, 0.05) is 18.3 Å². The van der Waals surface area contributed by atoms with Crippen LogP contribution in [0.4, 0.5) is 17.1 Å². The van der Waals surface area contributed by atoms with E-state index in [9.17, 15) is 18.0 Å². The van der Waals surface area contributed by atoms with Crippen LogP contribution in [0.15, 0.2) is 64.9 Å². The number of hydrogen-bond donors (Lipinski definition) is 3. The van der Waals surface area contributed by atoms with E-state index in [2.05, 4.69) is 15.4 Å². The van der Waals surface area contributed by atoms with Crippen LogP contribution in [0.1, 0.15) is 22.2 Å². The van der Waals surface area contributed by atoms with E-state index in [0.717, 1.165) is 0 Å². The Balaban J connectivity index is 1.79. The van der Waals surface area contributed by atoms with Crippen molar-refractivity contribution in [1.29, 1.82) is 0 Å². The van der Waals surface area contributed by atoms with Crippen LogP contribution in [0.3, 0.4) is 0 Å². The normalized spacial score (nSPS) is 11.0. The standard InChI is InChI=1S/C20H19N3O4S2/c1-13-5-6-16(22-20(25)19-4-3-11-28-19)12-18(13)23-29(26,27)17-9-7-15(8-10-17)21-14(2)24/h3-12,23H,1-2H3,(H,21,24)(H,22,25). The Morgan fingerprint density at radius 2 is 1.62 bits per heavy atom. The molecule has 0 unspecified atom stereocenters. The summed E-state index contributed by atoms with van der Waals surface area (Å²) >= 11 is 1.32. The molecule has 7 nitrogen and oxygen atoms in total. The van der Waals surface area contributed by atoms with Crippen molar-refractivity contribution in [3.63, 3.8) is 0 Å². The Kier molecular flexibility index (Phi) is 6.00. The minimum absolute atomic E-state index is 0.0547. The Morgan fingerprint density at radius 3 is 2.24 bits per heavy atom. The second kappa shape index (κ2) is 8.46. The van der Waals surface area contributed by atoms with Crippen molar-refractivity contribution in [2.24, 2.45) is 0 Å². The Morgan fingerprint density at radius 1 is 0.931 bits per heavy atom. The van der Waals surface area contributed by atoms with Crippen LogP contribution in [0.5, 0.6) is 0 Å². The molecule has 0 spiro atoms. The second-order valence-corrected chi connectivity index (χ2v) is 8.90. The van der Waals surface area contributed by atoms with Crippen LogP contribution in [0, 0.1) is 6.92 Å². The SMILES string of the molecule is CC(=O)Nc1ccc(S(=O)(=O)Nc2cc(NC(=O)c3cccs3)ccc2C)cc1. The number of benzene rings is 2. The zero-order valence-corrected chi connectivity index (χ0v) is 17.4. The molecule has 0 aliphatic heterocycles. The summed E-state index contributed by atoms with van der Waals surface area (Å²) in [6, 6.07) is 14.3. The molecule has 0 fully saturated rings. The summed E-state index contributed by atoms with van der Waals surface area (Å²) in [4.78, 5) is 23.9. The van der Waals surface area contributed by atoms with E-state index in [1.54, 1.807) is 42.6 Å². The largest absolute Gasteiger partial charge is 0.326 e. The summed E-state index contributed by atoms with van der Waals surface area (Å²) in [5.74, 6) is -0.498. The van der Waals surface area contributed by atoms with E-state index < -0.39 is 10.0 Å². The molecule has 0 atom stereocenters. The first-order chi connectivity index (χ1) is 13.7. The number of amides is 2. The molecule has 3 N–H and O–H groups in total. The highest BCUT2D eigenvalue weighted by Crippen LogP contribution is 2.25. The molecule has 2 amide bonds. The van der Waals surface area contributed by atoms with Crippen molar-refractivity contribution < 1.29 is 18.0 Å². The Labute approximate surface area is 172 Å². The molecule has 0 aliphatic carbocycles. The Bertz CT molecular complexity index is 1140. The average molecular weight is 430 g/mol. The highest BCUT2D eigenvalue weighted by Gasteiger charge is 2.16. The molecule has 1 heterocycles. The Hall–Kier alpha value is -3.17. The van der Waals surface area contributed by atoms with Crippen LogP contribution in [-0.4, -0.2) is 20.2 Å². The van der Waals surface area contributed by atoms with Gasteiger partial charge < -0.3 is 10.6 Å². The monoisotopic (exact) mass is 429 g/mol. The van der Waals surface area contributed by atoms with E-state index in [0.29, 0.717) is 27.5 Å². The summed E-state index contributed by atoms with van der Waals surface area (Å²) in [5.41, 5.74) is 2.05. The topological polar surface area (TPSA) is 104 Å². The molecule has 2 aromatic carbocycles. The number of carbonyl (C=O) groups excluding carboxylic acids is 2. The first-order valence-corrected chi connectivity index (χ1v) is 11.0. The van der Waals surface area contributed by atoms with Gasteiger partial charge in [0.25, 0.3) is 15.9 Å². The summed E-state index contributed by atoms with van der Waals surface area (Å²) in [7, 11) is -3.84. The van der Waals surface area contributed by atoms with Gasteiger partial charge in [0.15, 0.2) is 0 Å². The van der Waals surface area contributed by atoms with Gasteiger partial charge in [-0.25, -0.2) is 8.42 Å². The zero-order valence-electron chi connectivity index (χ0n) is 15.7. The van der Waals surface area contributed by atoms with Crippen LogP contribution < -0.4 is 15.4 Å². The third-order valence-corrected chi connectivity index (χ3v) is 6.22. The van der Waals surface area contributed by atoms with Crippen molar-refractivity contribution >= 4 is 50.2 Å². The summed E-state index contributed by atoms with van der Waals surface area (Å²) in [6.45, 7) is 3.14. The zero-order chi connectivity index (χ0) is 21.0. The molecule has 1 aromatic heterocycles. The van der Waals surface area contributed by atoms with E-state index in [-0.39, 0.29) is 16.7 Å². The molecule has 29 heavy (non-hydrogen) atoms. The smallest absolute Gasteiger partial charge is 0.265 e. The van der Waals surface area contributed by atoms with E-state index in [1.807, 2.05) is 0 Å². The van der Waals surface area contributed by atoms with Crippen molar-refractivity contribution in [2.75, 3.05) is 15.4 Å². The van der Waals surface area contributed by atoms with E-state index in [1.165, 1.54) is 42.5 Å². The fourth-order valence-corrected chi connectivity index (χ4v) is 4.28. The summed E-state index contributed by atoms with van der Waals surface area (Å²) in [6.07, 6.45) is 0. The van der Waals surface area contributed by atoms with Crippen molar-refractivity contribution in [3.05, 3.63) is 70.4 Å². The molecule has 3 rings (SSSR count). The maximum atomic E-state index is 12.7. The maximum absolute atomic E-state index is 12.7. The minimum atomic E-state index is -3.84. The predicted molar refractivity (Wildman–Crippen MR) is 115 cm³/mol. The third-order valence-electron chi connectivity index (χ3n) is 3.97. The van der Waals surface area contributed by atoms with Gasteiger partial charge in [0.05, 0.1) is 15.5 Å². The van der Waals surface area contributed by atoms with E-state index >= 15 is 0 Å². The lowest BCUT2D eigenvalue weighted by molar-refractivity contribution is -0.114. The number of sulfonamides is 1. The van der Waals surface area contributed by atoms with Crippen LogP contribution in [0.25, 0.3) is 0 Å². The first kappa shape index (κ1) is 20.6. The number of carbonyl (C=O) groups is 2. The second-order valence-electron chi connectivity index (χ2n) is 6.27. The number of aryl methyl sites for hydroxylation is 1. The molecular formula is C20H19N3O4S2. The van der Waals surface area contributed by atoms with Crippen molar-refractivity contribution in [1.82, 2.24) is 0 Å². The number of thiophene rings is 1. The summed E-state index contributed by atoms with van der Waals surface area (Å²) < 4.78 is 28.0. The van der Waals surface area contributed by atoms with Gasteiger partial charge in [0.2, 0.25) is 5.91 Å². The van der Waals surface area contributed by atoms with Crippen molar-refractivity contribution in [2.45, 2.75) is 18.7 Å². The average Bonchev–Trinajstić information content (AvgIpc) is 3.19. The highest BCUT2D eigenvalue weighted by atomic mass is 32.2. The molecule has 150 valence electrons. The lowest BCUT2D eigenvalue weighted by Gasteiger charge is -2.13. The van der Waals surface area contributed by atoms with Crippen molar-refractivity contribution in [3.8, 4) is 0 Å². The predicted octanol–water partition coefficient (Wildman–Crippen LogP) is 4.07. The molecule has 0 aliphatic rings. The molecule has 0 radical (unpaired) electrons. The first-order valence-electron chi connectivity index (χ1n) is 8.60. The van der Waals surface area contributed by atoms with Gasteiger partial charge in [-0.3, -0.25) is 14.3 Å².